The van der Waals surface area contributed by atoms with Gasteiger partial charge in [0.15, 0.2) is 0 Å². The van der Waals surface area contributed by atoms with E-state index in [1.807, 2.05) is 56.3 Å². The third-order valence-electron chi connectivity index (χ3n) is 3.98. The molecule has 1 N–H and O–H groups in total. The first-order valence-corrected chi connectivity index (χ1v) is 8.86. The van der Waals surface area contributed by atoms with Crippen molar-refractivity contribution < 1.29 is 4.74 Å². The van der Waals surface area contributed by atoms with Crippen molar-refractivity contribution in [1.82, 2.24) is 9.55 Å². The van der Waals surface area contributed by atoms with Gasteiger partial charge in [-0.3, -0.25) is 14.3 Å². The van der Waals surface area contributed by atoms with Crippen molar-refractivity contribution in [3.05, 3.63) is 68.9 Å². The van der Waals surface area contributed by atoms with Crippen molar-refractivity contribution >= 4 is 22.5 Å². The Morgan fingerprint density at radius 3 is 2.56 bits per heavy atom. The minimum Gasteiger partial charge on any atom is -0.364 e. The zero-order valence-electron chi connectivity index (χ0n) is 14.4. The molecular formula is C19H20N2O3S. The minimum absolute atomic E-state index is 0.0232. The first-order chi connectivity index (χ1) is 12.0. The van der Waals surface area contributed by atoms with Gasteiger partial charge < -0.3 is 4.74 Å². The summed E-state index contributed by atoms with van der Waals surface area (Å²) in [5, 5.41) is 2.83. The predicted octanol–water partition coefficient (Wildman–Crippen LogP) is 3.57. The number of ether oxygens (including phenoxy) is 1. The molecule has 6 heteroatoms. The minimum atomic E-state index is -0.459. The summed E-state index contributed by atoms with van der Waals surface area (Å²) in [7, 11) is 1.53. The van der Waals surface area contributed by atoms with Crippen LogP contribution in [-0.2, 0) is 11.5 Å². The Morgan fingerprint density at radius 2 is 1.84 bits per heavy atom. The van der Waals surface area contributed by atoms with Crippen LogP contribution in [0.5, 0.6) is 0 Å². The van der Waals surface area contributed by atoms with Crippen LogP contribution in [0, 0.1) is 0 Å². The van der Waals surface area contributed by atoms with E-state index < -0.39 is 5.69 Å². The van der Waals surface area contributed by atoms with Gasteiger partial charge in [0, 0.05) is 12.0 Å². The van der Waals surface area contributed by atoms with Crippen molar-refractivity contribution in [3.8, 4) is 0 Å². The molecule has 130 valence electrons. The fourth-order valence-corrected chi connectivity index (χ4v) is 4.16. The molecule has 0 aliphatic rings. The third-order valence-corrected chi connectivity index (χ3v) is 5.19. The van der Waals surface area contributed by atoms with Gasteiger partial charge in [-0.2, -0.15) is 0 Å². The van der Waals surface area contributed by atoms with Crippen LogP contribution in [0.3, 0.4) is 0 Å². The van der Waals surface area contributed by atoms with Crippen molar-refractivity contribution in [2.24, 2.45) is 0 Å². The van der Waals surface area contributed by atoms with Crippen LogP contribution >= 0.6 is 11.8 Å². The number of aromatic nitrogens is 2. The molecule has 3 rings (SSSR count). The average Bonchev–Trinajstić information content (AvgIpc) is 2.58. The van der Waals surface area contributed by atoms with Crippen molar-refractivity contribution in [1.29, 1.82) is 0 Å². The zero-order chi connectivity index (χ0) is 18.0. The molecule has 1 heterocycles. The quantitative estimate of drug-likeness (QED) is 0.710. The van der Waals surface area contributed by atoms with Gasteiger partial charge in [-0.25, -0.2) is 4.79 Å². The second-order valence-electron chi connectivity index (χ2n) is 6.06. The molecule has 0 aliphatic heterocycles. The molecule has 1 aromatic heterocycles. The lowest BCUT2D eigenvalue weighted by molar-refractivity contribution is 0.119. The molecule has 0 saturated carbocycles. The molecule has 0 bridgehead atoms. The smallest absolute Gasteiger partial charge is 0.331 e. The summed E-state index contributed by atoms with van der Waals surface area (Å²) in [4.78, 5) is 28.1. The number of rotatable bonds is 5. The summed E-state index contributed by atoms with van der Waals surface area (Å²) in [5.41, 5.74) is -0.205. The van der Waals surface area contributed by atoms with E-state index in [0.29, 0.717) is 10.6 Å². The van der Waals surface area contributed by atoms with E-state index in [9.17, 15) is 9.59 Å². The van der Waals surface area contributed by atoms with Gasteiger partial charge in [0.25, 0.3) is 5.56 Å². The van der Waals surface area contributed by atoms with E-state index in [1.54, 1.807) is 0 Å². The highest BCUT2D eigenvalue weighted by atomic mass is 32.2. The van der Waals surface area contributed by atoms with E-state index in [4.69, 9.17) is 4.74 Å². The van der Waals surface area contributed by atoms with Crippen molar-refractivity contribution in [2.45, 2.75) is 36.4 Å². The number of fused-ring (bicyclic) bond motifs is 1. The van der Waals surface area contributed by atoms with Crippen LogP contribution in [0.15, 0.2) is 62.0 Å². The second-order valence-corrected chi connectivity index (χ2v) is 7.09. The molecule has 5 nitrogen and oxygen atoms in total. The number of H-pyrrole nitrogens is 1. The van der Waals surface area contributed by atoms with E-state index in [0.717, 1.165) is 15.7 Å². The highest BCUT2D eigenvalue weighted by molar-refractivity contribution is 7.99. The summed E-state index contributed by atoms with van der Waals surface area (Å²) in [6, 6.07) is 14.1. The lowest BCUT2D eigenvalue weighted by Gasteiger charge is -2.17. The van der Waals surface area contributed by atoms with Gasteiger partial charge in [-0.15, -0.1) is 0 Å². The number of nitrogens with one attached hydrogen (secondary N) is 1. The zero-order valence-corrected chi connectivity index (χ0v) is 15.2. The number of hydrogen-bond donors (Lipinski definition) is 1. The maximum Gasteiger partial charge on any atom is 0.331 e. The number of benzene rings is 2. The van der Waals surface area contributed by atoms with Crippen LogP contribution in [0.1, 0.15) is 25.3 Å². The fourth-order valence-electron chi connectivity index (χ4n) is 2.82. The Hall–Kier alpha value is -2.31. The number of aromatic amines is 1. The highest BCUT2D eigenvalue weighted by Gasteiger charge is 2.19. The first kappa shape index (κ1) is 17.5. The molecule has 2 aromatic carbocycles. The number of methoxy groups -OCH3 is 1. The summed E-state index contributed by atoms with van der Waals surface area (Å²) in [6.45, 7) is 3.97. The lowest BCUT2D eigenvalue weighted by Crippen LogP contribution is -2.34. The molecule has 0 aliphatic carbocycles. The van der Waals surface area contributed by atoms with Crippen molar-refractivity contribution in [3.63, 3.8) is 0 Å². The maximum absolute atomic E-state index is 12.4. The Labute approximate surface area is 149 Å². The van der Waals surface area contributed by atoms with Gasteiger partial charge in [0.2, 0.25) is 0 Å². The first-order valence-electron chi connectivity index (χ1n) is 8.04. The largest absolute Gasteiger partial charge is 0.364 e. The van der Waals surface area contributed by atoms with Crippen LogP contribution in [-0.4, -0.2) is 16.7 Å². The summed E-state index contributed by atoms with van der Waals surface area (Å²) in [5.74, 6) is -0.0232. The number of hydrogen-bond acceptors (Lipinski definition) is 4. The van der Waals surface area contributed by atoms with E-state index in [1.165, 1.54) is 23.4 Å². The molecule has 25 heavy (non-hydrogen) atoms. The number of nitrogens with zero attached hydrogens (tertiary/aromatic N) is 1. The van der Waals surface area contributed by atoms with E-state index in [2.05, 4.69) is 4.98 Å². The highest BCUT2D eigenvalue weighted by Crippen LogP contribution is 2.35. The second kappa shape index (κ2) is 7.29. The Bertz CT molecular complexity index is 1020. The molecule has 3 aromatic rings. The van der Waals surface area contributed by atoms with Gasteiger partial charge in [0.05, 0.1) is 10.6 Å². The molecule has 0 radical (unpaired) electrons. The molecule has 0 spiro atoms. The Morgan fingerprint density at radius 1 is 1.12 bits per heavy atom. The molecule has 0 amide bonds. The van der Waals surface area contributed by atoms with Crippen LogP contribution < -0.4 is 11.2 Å². The standard InChI is InChI=1S/C19H20N2O3S/c1-12(2)16-17(22)20-19(23)21(11-24-3)18(16)25-15-10-6-8-13-7-4-5-9-14(13)15/h4-10,12H,11H2,1-3H3,(H,20,22,23). The predicted molar refractivity (Wildman–Crippen MR) is 100 cm³/mol. The van der Waals surface area contributed by atoms with Gasteiger partial charge in [-0.05, 0) is 22.8 Å². The summed E-state index contributed by atoms with van der Waals surface area (Å²) >= 11 is 1.43. The third kappa shape index (κ3) is 3.41. The van der Waals surface area contributed by atoms with Gasteiger partial charge in [0.1, 0.15) is 6.73 Å². The van der Waals surface area contributed by atoms with Gasteiger partial charge >= 0.3 is 5.69 Å². The molecule has 0 fully saturated rings. The van der Waals surface area contributed by atoms with E-state index >= 15 is 0 Å². The summed E-state index contributed by atoms with van der Waals surface area (Å²) in [6.07, 6.45) is 0. The Balaban J connectivity index is 2.25. The molecule has 0 unspecified atom stereocenters. The average molecular weight is 356 g/mol. The summed E-state index contributed by atoms with van der Waals surface area (Å²) < 4.78 is 6.65. The van der Waals surface area contributed by atoms with E-state index in [-0.39, 0.29) is 18.2 Å². The van der Waals surface area contributed by atoms with Gasteiger partial charge in [-0.1, -0.05) is 62.0 Å². The molecule has 0 atom stereocenters. The van der Waals surface area contributed by atoms with Crippen LogP contribution in [0.4, 0.5) is 0 Å². The Kier molecular flexibility index (Phi) is 5.11. The SMILES string of the molecule is COCn1c(Sc2cccc3ccccc23)c(C(C)C)c(=O)[nH]c1=O. The topological polar surface area (TPSA) is 64.1 Å². The van der Waals surface area contributed by atoms with Crippen LogP contribution in [0.25, 0.3) is 10.8 Å². The molecule has 0 saturated heterocycles. The normalized spacial score (nSPS) is 11.4. The monoisotopic (exact) mass is 356 g/mol. The maximum atomic E-state index is 12.4. The lowest BCUT2D eigenvalue weighted by atomic mass is 10.1. The fraction of sp³-hybridized carbons (Fsp3) is 0.263. The van der Waals surface area contributed by atoms with Crippen molar-refractivity contribution in [2.75, 3.05) is 7.11 Å². The molecular weight excluding hydrogens is 336 g/mol. The van der Waals surface area contributed by atoms with Crippen LogP contribution in [0.2, 0.25) is 0 Å².